The van der Waals surface area contributed by atoms with Crippen LogP contribution in [0.5, 0.6) is 23.3 Å². The van der Waals surface area contributed by atoms with E-state index < -0.39 is 0 Å². The number of fused-ring (bicyclic) bond motifs is 2. The highest BCUT2D eigenvalue weighted by Crippen LogP contribution is 2.52. The minimum absolute atomic E-state index is 0.00197. The molecule has 0 amide bonds. The van der Waals surface area contributed by atoms with Gasteiger partial charge in [-0.2, -0.15) is 0 Å². The topological polar surface area (TPSA) is 85.9 Å². The first kappa shape index (κ1) is 22.5. The highest BCUT2D eigenvalue weighted by Gasteiger charge is 2.41. The maximum Gasteiger partial charge on any atom is 0.202 e. The van der Waals surface area contributed by atoms with E-state index >= 15 is 0 Å². The molecule has 178 valence electrons. The van der Waals surface area contributed by atoms with Crippen molar-refractivity contribution in [3.8, 4) is 28.9 Å². The van der Waals surface area contributed by atoms with E-state index in [4.69, 9.17) is 0 Å². The van der Waals surface area contributed by atoms with Gasteiger partial charge in [0, 0.05) is 17.0 Å². The maximum absolute atomic E-state index is 11.4. The summed E-state index contributed by atoms with van der Waals surface area (Å²) < 4.78 is 1.44. The van der Waals surface area contributed by atoms with Crippen molar-refractivity contribution in [2.75, 3.05) is 0 Å². The number of phenolic OH excluding ortho intramolecular Hbond substituents is 2. The fourth-order valence-corrected chi connectivity index (χ4v) is 6.38. The van der Waals surface area contributed by atoms with Gasteiger partial charge in [-0.05, 0) is 91.8 Å². The normalized spacial score (nSPS) is 22.8. The lowest BCUT2D eigenvalue weighted by molar-refractivity contribution is 0.254. The fourth-order valence-electron chi connectivity index (χ4n) is 6.38. The molecule has 5 heteroatoms. The van der Waals surface area contributed by atoms with E-state index in [1.165, 1.54) is 29.5 Å². The number of aromatic nitrogens is 1. The average molecular weight is 460 g/mol. The molecule has 4 N–H and O–H groups in total. The van der Waals surface area contributed by atoms with Crippen LogP contribution in [-0.2, 0) is 0 Å². The smallest absolute Gasteiger partial charge is 0.202 e. The molecule has 2 bridgehead atoms. The quantitative estimate of drug-likeness (QED) is 0.309. The van der Waals surface area contributed by atoms with Gasteiger partial charge in [-0.3, -0.25) is 4.57 Å². The number of aromatic hydroxyl groups is 4. The monoisotopic (exact) mass is 459 g/mol. The minimum atomic E-state index is -0.127. The van der Waals surface area contributed by atoms with Crippen molar-refractivity contribution in [2.24, 2.45) is 23.7 Å². The molecule has 5 nitrogen and oxygen atoms in total. The van der Waals surface area contributed by atoms with Gasteiger partial charge in [-0.25, -0.2) is 0 Å². The summed E-state index contributed by atoms with van der Waals surface area (Å²) in [5.41, 5.74) is 2.95. The molecular weight excluding hydrogens is 426 g/mol. The molecule has 0 saturated heterocycles. The average Bonchev–Trinajstić information content (AvgIpc) is 3.52. The first-order valence-corrected chi connectivity index (χ1v) is 12.3. The lowest BCUT2D eigenvalue weighted by atomic mass is 9.73. The second kappa shape index (κ2) is 8.79. The SMILES string of the molecule is CCC(CC(c1ccc(O)cc1)c1c(C)c(O)n(-c2ccc(O)cc2)c1O)C1CC2C=CC1C2. The molecule has 0 radical (unpaired) electrons. The Hall–Kier alpha value is -3.34. The predicted octanol–water partition coefficient (Wildman–Crippen LogP) is 6.37. The van der Waals surface area contributed by atoms with Gasteiger partial charge >= 0.3 is 0 Å². The molecular formula is C29H33NO4. The molecule has 5 unspecified atom stereocenters. The third kappa shape index (κ3) is 3.83. The molecule has 2 aromatic carbocycles. The lowest BCUT2D eigenvalue weighted by Gasteiger charge is -2.31. The summed E-state index contributed by atoms with van der Waals surface area (Å²) in [6, 6.07) is 13.6. The van der Waals surface area contributed by atoms with Crippen LogP contribution in [0.1, 0.15) is 55.2 Å². The lowest BCUT2D eigenvalue weighted by Crippen LogP contribution is -2.21. The van der Waals surface area contributed by atoms with Gasteiger partial charge < -0.3 is 20.4 Å². The number of benzene rings is 2. The van der Waals surface area contributed by atoms with Crippen LogP contribution in [0.25, 0.3) is 5.69 Å². The van der Waals surface area contributed by atoms with Crippen LogP contribution in [0.2, 0.25) is 0 Å². The van der Waals surface area contributed by atoms with Crippen molar-refractivity contribution in [3.63, 3.8) is 0 Å². The predicted molar refractivity (Wildman–Crippen MR) is 133 cm³/mol. The second-order valence-electron chi connectivity index (χ2n) is 10.0. The number of nitrogens with zero attached hydrogens (tertiary/aromatic N) is 1. The number of hydrogen-bond acceptors (Lipinski definition) is 4. The van der Waals surface area contributed by atoms with Crippen molar-refractivity contribution >= 4 is 0 Å². The number of phenols is 2. The molecule has 0 spiro atoms. The summed E-state index contributed by atoms with van der Waals surface area (Å²) in [4.78, 5) is 0. The van der Waals surface area contributed by atoms with E-state index in [9.17, 15) is 20.4 Å². The molecule has 34 heavy (non-hydrogen) atoms. The van der Waals surface area contributed by atoms with Crippen LogP contribution in [0.15, 0.2) is 60.7 Å². The molecule has 5 atom stereocenters. The van der Waals surface area contributed by atoms with E-state index in [1.807, 2.05) is 19.1 Å². The Labute approximate surface area is 200 Å². The Kier molecular flexibility index (Phi) is 5.80. The zero-order valence-corrected chi connectivity index (χ0v) is 19.7. The Morgan fingerprint density at radius 2 is 1.50 bits per heavy atom. The van der Waals surface area contributed by atoms with Crippen LogP contribution < -0.4 is 0 Å². The van der Waals surface area contributed by atoms with Crippen LogP contribution >= 0.6 is 0 Å². The van der Waals surface area contributed by atoms with Gasteiger partial charge in [-0.1, -0.05) is 37.6 Å². The summed E-state index contributed by atoms with van der Waals surface area (Å²) in [5, 5.41) is 42.0. The number of allylic oxidation sites excluding steroid dienone is 2. The molecule has 1 saturated carbocycles. The Bertz CT molecular complexity index is 1190. The molecule has 3 aromatic rings. The molecule has 5 rings (SSSR count). The van der Waals surface area contributed by atoms with Gasteiger partial charge in [0.15, 0.2) is 0 Å². The van der Waals surface area contributed by atoms with Gasteiger partial charge in [0.1, 0.15) is 11.5 Å². The van der Waals surface area contributed by atoms with Gasteiger partial charge in [0.05, 0.1) is 5.69 Å². The largest absolute Gasteiger partial charge is 0.508 e. The standard InChI is InChI=1S/C29H33NO4/c1-3-19(25-15-18-4-5-21(25)14-18)16-26(20-6-10-23(31)11-7-20)27-17(2)28(33)30(29(27)34)22-8-12-24(32)13-9-22/h4-13,18-19,21,25-26,31-34H,3,14-16H2,1-2H3. The van der Waals surface area contributed by atoms with Crippen molar-refractivity contribution in [3.05, 3.63) is 77.4 Å². The maximum atomic E-state index is 11.4. The third-order valence-electron chi connectivity index (χ3n) is 8.15. The third-order valence-corrected chi connectivity index (χ3v) is 8.15. The van der Waals surface area contributed by atoms with E-state index in [-0.39, 0.29) is 29.2 Å². The van der Waals surface area contributed by atoms with Gasteiger partial charge in [0.25, 0.3) is 0 Å². The van der Waals surface area contributed by atoms with E-state index in [0.717, 1.165) is 18.4 Å². The molecule has 1 fully saturated rings. The highest BCUT2D eigenvalue weighted by molar-refractivity contribution is 5.56. The van der Waals surface area contributed by atoms with E-state index in [0.29, 0.717) is 40.5 Å². The number of rotatable bonds is 7. The van der Waals surface area contributed by atoms with Crippen molar-refractivity contribution in [1.29, 1.82) is 0 Å². The zero-order valence-electron chi connectivity index (χ0n) is 19.7. The summed E-state index contributed by atoms with van der Waals surface area (Å²) in [6.07, 6.45) is 9.17. The first-order valence-electron chi connectivity index (χ1n) is 12.3. The second-order valence-corrected chi connectivity index (χ2v) is 10.0. The van der Waals surface area contributed by atoms with Crippen LogP contribution in [-0.4, -0.2) is 25.0 Å². The number of hydrogen-bond donors (Lipinski definition) is 4. The summed E-state index contributed by atoms with van der Waals surface area (Å²) in [7, 11) is 0. The zero-order chi connectivity index (χ0) is 24.0. The summed E-state index contributed by atoms with van der Waals surface area (Å²) in [6.45, 7) is 4.09. The van der Waals surface area contributed by atoms with Crippen molar-refractivity contribution in [1.82, 2.24) is 4.57 Å². The Morgan fingerprint density at radius 3 is 2.06 bits per heavy atom. The van der Waals surface area contributed by atoms with E-state index in [2.05, 4.69) is 19.1 Å². The minimum Gasteiger partial charge on any atom is -0.508 e. The van der Waals surface area contributed by atoms with Crippen LogP contribution in [0, 0.1) is 30.6 Å². The Balaban J connectivity index is 1.58. The van der Waals surface area contributed by atoms with Crippen LogP contribution in [0.4, 0.5) is 0 Å². The summed E-state index contributed by atoms with van der Waals surface area (Å²) >= 11 is 0. The molecule has 0 aliphatic heterocycles. The molecule has 2 aliphatic rings. The van der Waals surface area contributed by atoms with Crippen molar-refractivity contribution in [2.45, 2.75) is 45.4 Å². The van der Waals surface area contributed by atoms with Crippen LogP contribution in [0.3, 0.4) is 0 Å². The molecule has 1 heterocycles. The molecule has 2 aliphatic carbocycles. The van der Waals surface area contributed by atoms with Gasteiger partial charge in [0.2, 0.25) is 11.8 Å². The molecule has 1 aromatic heterocycles. The Morgan fingerprint density at radius 1 is 0.853 bits per heavy atom. The first-order chi connectivity index (χ1) is 16.4. The summed E-state index contributed by atoms with van der Waals surface area (Å²) in [5.74, 6) is 2.67. The van der Waals surface area contributed by atoms with E-state index in [1.54, 1.807) is 24.3 Å². The highest BCUT2D eigenvalue weighted by atomic mass is 16.3. The van der Waals surface area contributed by atoms with Gasteiger partial charge in [-0.15, -0.1) is 0 Å². The van der Waals surface area contributed by atoms with Crippen molar-refractivity contribution < 1.29 is 20.4 Å². The fraction of sp³-hybridized carbons (Fsp3) is 0.379.